The number of hydrogen-bond donors (Lipinski definition) is 0. The highest BCUT2D eigenvalue weighted by molar-refractivity contribution is 9.09. The van der Waals surface area contributed by atoms with E-state index >= 15 is 0 Å². The standard InChI is InChI=1S/C14H27BrN2/c1-14(10-12-16)17(2)13-9-7-5-3-4-6-8-11-15/h14H,3-11,13H2,1-2H3. The maximum Gasteiger partial charge on any atom is 0.0638 e. The third-order valence-corrected chi connectivity index (χ3v) is 3.84. The zero-order valence-corrected chi connectivity index (χ0v) is 13.0. The van der Waals surface area contributed by atoms with Gasteiger partial charge in [0.25, 0.3) is 0 Å². The quantitative estimate of drug-likeness (QED) is 0.419. The predicted molar refractivity (Wildman–Crippen MR) is 78.4 cm³/mol. The Morgan fingerprint density at radius 1 is 1.06 bits per heavy atom. The number of halogens is 1. The van der Waals surface area contributed by atoms with E-state index in [1.54, 1.807) is 0 Å². The molecule has 0 aliphatic heterocycles. The summed E-state index contributed by atoms with van der Waals surface area (Å²) in [6.07, 6.45) is 10.0. The SMILES string of the molecule is CC(CC#N)N(C)CCCCCCCCCBr. The summed E-state index contributed by atoms with van der Waals surface area (Å²) in [7, 11) is 2.12. The van der Waals surface area contributed by atoms with Crippen LogP contribution in [-0.2, 0) is 0 Å². The van der Waals surface area contributed by atoms with Crippen molar-refractivity contribution in [1.29, 1.82) is 5.26 Å². The van der Waals surface area contributed by atoms with Crippen molar-refractivity contribution in [3.05, 3.63) is 0 Å². The number of alkyl halides is 1. The highest BCUT2D eigenvalue weighted by Crippen LogP contribution is 2.09. The van der Waals surface area contributed by atoms with Gasteiger partial charge in [-0.25, -0.2) is 0 Å². The number of nitrogens with zero attached hydrogens (tertiary/aromatic N) is 2. The molecule has 1 unspecified atom stereocenters. The molecule has 0 fully saturated rings. The zero-order valence-electron chi connectivity index (χ0n) is 11.4. The minimum atomic E-state index is 0.402. The van der Waals surface area contributed by atoms with Gasteiger partial charge in [0.2, 0.25) is 0 Å². The molecule has 0 rings (SSSR count). The molecule has 0 bridgehead atoms. The van der Waals surface area contributed by atoms with E-state index in [-0.39, 0.29) is 0 Å². The predicted octanol–water partition coefficient (Wildman–Crippen LogP) is 4.35. The molecular weight excluding hydrogens is 276 g/mol. The number of unbranched alkanes of at least 4 members (excludes halogenated alkanes) is 6. The minimum Gasteiger partial charge on any atom is -0.303 e. The first-order valence-corrected chi connectivity index (χ1v) is 7.97. The second kappa shape index (κ2) is 12.4. The second-order valence-corrected chi connectivity index (χ2v) is 5.65. The van der Waals surface area contributed by atoms with E-state index in [0.29, 0.717) is 12.5 Å². The van der Waals surface area contributed by atoms with Gasteiger partial charge in [0.05, 0.1) is 12.5 Å². The van der Waals surface area contributed by atoms with E-state index in [9.17, 15) is 0 Å². The highest BCUT2D eigenvalue weighted by atomic mass is 79.9. The fourth-order valence-corrected chi connectivity index (χ4v) is 2.24. The zero-order chi connectivity index (χ0) is 12.9. The van der Waals surface area contributed by atoms with Crippen LogP contribution in [-0.4, -0.2) is 29.9 Å². The van der Waals surface area contributed by atoms with Gasteiger partial charge >= 0.3 is 0 Å². The van der Waals surface area contributed by atoms with Crippen molar-refractivity contribution < 1.29 is 0 Å². The molecule has 0 N–H and O–H groups in total. The largest absolute Gasteiger partial charge is 0.303 e. The average Bonchev–Trinajstić information content (AvgIpc) is 2.32. The Hall–Kier alpha value is -0.0700. The molecule has 0 radical (unpaired) electrons. The van der Waals surface area contributed by atoms with Crippen molar-refractivity contribution in [3.63, 3.8) is 0 Å². The smallest absolute Gasteiger partial charge is 0.0638 e. The van der Waals surface area contributed by atoms with Crippen molar-refractivity contribution in [2.75, 3.05) is 18.9 Å². The van der Waals surface area contributed by atoms with E-state index in [4.69, 9.17) is 5.26 Å². The van der Waals surface area contributed by atoms with Crippen LogP contribution in [0.15, 0.2) is 0 Å². The summed E-state index contributed by atoms with van der Waals surface area (Å²) >= 11 is 3.46. The van der Waals surface area contributed by atoms with E-state index in [1.807, 2.05) is 0 Å². The first kappa shape index (κ1) is 16.9. The normalized spacial score (nSPS) is 12.6. The van der Waals surface area contributed by atoms with Gasteiger partial charge in [0.15, 0.2) is 0 Å². The van der Waals surface area contributed by atoms with Crippen LogP contribution in [0.1, 0.15) is 58.3 Å². The molecule has 100 valence electrons. The Bertz CT molecular complexity index is 201. The lowest BCUT2D eigenvalue weighted by molar-refractivity contribution is 0.254. The van der Waals surface area contributed by atoms with Crippen LogP contribution in [0, 0.1) is 11.3 Å². The molecule has 1 atom stereocenters. The van der Waals surface area contributed by atoms with Crippen LogP contribution in [0.3, 0.4) is 0 Å². The van der Waals surface area contributed by atoms with E-state index in [2.05, 4.69) is 40.9 Å². The molecule has 2 nitrogen and oxygen atoms in total. The summed E-state index contributed by atoms with van der Waals surface area (Å²) in [4.78, 5) is 2.30. The molecule has 0 aromatic heterocycles. The van der Waals surface area contributed by atoms with Gasteiger partial charge < -0.3 is 4.90 Å². The Morgan fingerprint density at radius 2 is 1.59 bits per heavy atom. The third kappa shape index (κ3) is 10.8. The summed E-state index contributed by atoms with van der Waals surface area (Å²) in [5.74, 6) is 0. The lowest BCUT2D eigenvalue weighted by atomic mass is 10.1. The van der Waals surface area contributed by atoms with Gasteiger partial charge in [-0.15, -0.1) is 0 Å². The average molecular weight is 303 g/mol. The molecular formula is C14H27BrN2. The van der Waals surface area contributed by atoms with Crippen LogP contribution in [0.2, 0.25) is 0 Å². The van der Waals surface area contributed by atoms with Gasteiger partial charge in [0, 0.05) is 11.4 Å². The lowest BCUT2D eigenvalue weighted by Crippen LogP contribution is -2.29. The van der Waals surface area contributed by atoms with Gasteiger partial charge in [-0.05, 0) is 33.4 Å². The molecule has 0 spiro atoms. The van der Waals surface area contributed by atoms with E-state index in [1.165, 1.54) is 44.9 Å². The Labute approximate surface area is 116 Å². The van der Waals surface area contributed by atoms with Gasteiger partial charge in [0.1, 0.15) is 0 Å². The molecule has 0 aromatic rings. The number of hydrogen-bond acceptors (Lipinski definition) is 2. The maximum atomic E-state index is 8.62. The molecule has 0 saturated heterocycles. The minimum absolute atomic E-state index is 0.402. The van der Waals surface area contributed by atoms with Gasteiger partial charge in [-0.3, -0.25) is 0 Å². The van der Waals surface area contributed by atoms with Gasteiger partial charge in [-0.1, -0.05) is 48.0 Å². The Morgan fingerprint density at radius 3 is 2.12 bits per heavy atom. The molecule has 0 saturated carbocycles. The second-order valence-electron chi connectivity index (χ2n) is 4.86. The monoisotopic (exact) mass is 302 g/mol. The molecule has 0 aliphatic carbocycles. The lowest BCUT2D eigenvalue weighted by Gasteiger charge is -2.22. The molecule has 3 heteroatoms. The first-order valence-electron chi connectivity index (χ1n) is 6.85. The Kier molecular flexibility index (Phi) is 12.3. The third-order valence-electron chi connectivity index (χ3n) is 3.28. The topological polar surface area (TPSA) is 27.0 Å². The molecule has 0 aromatic carbocycles. The van der Waals surface area contributed by atoms with Crippen LogP contribution < -0.4 is 0 Å². The summed E-state index contributed by atoms with van der Waals surface area (Å²) in [6, 6.07) is 2.63. The number of nitriles is 1. The highest BCUT2D eigenvalue weighted by Gasteiger charge is 2.07. The molecule has 0 aliphatic rings. The fourth-order valence-electron chi connectivity index (χ4n) is 1.85. The number of rotatable bonds is 11. The fraction of sp³-hybridized carbons (Fsp3) is 0.929. The van der Waals surface area contributed by atoms with Crippen LogP contribution in [0.5, 0.6) is 0 Å². The maximum absolute atomic E-state index is 8.62. The van der Waals surface area contributed by atoms with Crippen LogP contribution >= 0.6 is 15.9 Å². The van der Waals surface area contributed by atoms with E-state index < -0.39 is 0 Å². The van der Waals surface area contributed by atoms with Crippen molar-refractivity contribution >= 4 is 15.9 Å². The first-order chi connectivity index (χ1) is 8.22. The van der Waals surface area contributed by atoms with Crippen LogP contribution in [0.4, 0.5) is 0 Å². The van der Waals surface area contributed by atoms with Gasteiger partial charge in [-0.2, -0.15) is 5.26 Å². The van der Waals surface area contributed by atoms with Crippen molar-refractivity contribution in [3.8, 4) is 6.07 Å². The Balaban J connectivity index is 3.25. The van der Waals surface area contributed by atoms with Crippen molar-refractivity contribution in [1.82, 2.24) is 4.90 Å². The summed E-state index contributed by atoms with van der Waals surface area (Å²) < 4.78 is 0. The molecule has 0 heterocycles. The molecule has 0 amide bonds. The van der Waals surface area contributed by atoms with E-state index in [0.717, 1.165) is 11.9 Å². The molecule has 17 heavy (non-hydrogen) atoms. The van der Waals surface area contributed by atoms with Crippen molar-refractivity contribution in [2.24, 2.45) is 0 Å². The van der Waals surface area contributed by atoms with Crippen LogP contribution in [0.25, 0.3) is 0 Å². The summed E-state index contributed by atoms with van der Waals surface area (Å²) in [5.41, 5.74) is 0. The summed E-state index contributed by atoms with van der Waals surface area (Å²) in [6.45, 7) is 3.26. The van der Waals surface area contributed by atoms with Crippen molar-refractivity contribution in [2.45, 2.75) is 64.3 Å². The summed E-state index contributed by atoms with van der Waals surface area (Å²) in [5, 5.41) is 9.77.